The summed E-state index contributed by atoms with van der Waals surface area (Å²) in [7, 11) is 0. The van der Waals surface area contributed by atoms with E-state index in [0.717, 1.165) is 0 Å². The largest absolute Gasteiger partial charge is 1.00 e. The van der Waals surface area contributed by atoms with Gasteiger partial charge in [0.1, 0.15) is 0 Å². The van der Waals surface area contributed by atoms with Crippen molar-refractivity contribution in [3.8, 4) is 0 Å². The van der Waals surface area contributed by atoms with Gasteiger partial charge < -0.3 is 11.8 Å². The van der Waals surface area contributed by atoms with E-state index in [1.54, 1.807) is 0 Å². The fourth-order valence-electron chi connectivity index (χ4n) is 0. The van der Waals surface area contributed by atoms with E-state index in [1.807, 2.05) is 13.8 Å². The van der Waals surface area contributed by atoms with Gasteiger partial charge >= 0.3 is 29.6 Å². The predicted molar refractivity (Wildman–Crippen MR) is 35.5 cm³/mol. The topological polar surface area (TPSA) is 23.8 Å². The van der Waals surface area contributed by atoms with E-state index in [0.29, 0.717) is 0 Å². The van der Waals surface area contributed by atoms with Crippen LogP contribution in [0.4, 0.5) is 0 Å². The average molecular weight is 122 g/mol. The SMILES string of the molecule is C.C.CC.[B].[C-]#N.[Na+]. The summed E-state index contributed by atoms with van der Waals surface area (Å²) in [5.41, 5.74) is 0. The van der Waals surface area contributed by atoms with Gasteiger partial charge in [-0.2, -0.15) is 0 Å². The predicted octanol–water partition coefficient (Wildman–Crippen LogP) is -0.982. The molecule has 3 radical (unpaired) electrons. The van der Waals surface area contributed by atoms with Crippen molar-refractivity contribution in [2.24, 2.45) is 0 Å². The van der Waals surface area contributed by atoms with Gasteiger partial charge in [0.25, 0.3) is 0 Å². The second kappa shape index (κ2) is 1050. The normalized spacial score (nSPS) is 1.00. The first-order valence-electron chi connectivity index (χ1n) is 1.22. The molecule has 0 aliphatic heterocycles. The Balaban J connectivity index is -0.00000000167. The van der Waals surface area contributed by atoms with Gasteiger partial charge in [-0.15, -0.1) is 0 Å². The molecule has 0 saturated carbocycles. The summed E-state index contributed by atoms with van der Waals surface area (Å²) in [6.07, 6.45) is 0. The van der Waals surface area contributed by atoms with E-state index in [-0.39, 0.29) is 52.8 Å². The molecule has 3 heteroatoms. The van der Waals surface area contributed by atoms with E-state index in [9.17, 15) is 0 Å². The van der Waals surface area contributed by atoms with Crippen LogP contribution in [0.5, 0.6) is 0 Å². The van der Waals surface area contributed by atoms with Crippen LogP contribution >= 0.6 is 0 Å². The summed E-state index contributed by atoms with van der Waals surface area (Å²) < 4.78 is 0. The summed E-state index contributed by atoms with van der Waals surface area (Å²) in [5.74, 6) is 0. The van der Waals surface area contributed by atoms with E-state index >= 15 is 0 Å². The number of rotatable bonds is 0. The molecule has 0 aromatic rings. The Kier molecular flexibility index (Phi) is 9860. The summed E-state index contributed by atoms with van der Waals surface area (Å²) >= 11 is 0. The molecule has 0 heterocycles. The summed E-state index contributed by atoms with van der Waals surface area (Å²) in [6, 6.07) is 0. The van der Waals surface area contributed by atoms with Crippen LogP contribution in [0.25, 0.3) is 0 Å². The first-order valence-corrected chi connectivity index (χ1v) is 1.22. The Bertz CT molecular complexity index is 17.1. The van der Waals surface area contributed by atoms with Crippen LogP contribution in [0.2, 0.25) is 0 Å². The van der Waals surface area contributed by atoms with Crippen molar-refractivity contribution in [3.63, 3.8) is 0 Å². The number of hydrogen-bond donors (Lipinski definition) is 0. The minimum absolute atomic E-state index is 0. The van der Waals surface area contributed by atoms with E-state index in [1.165, 1.54) is 0 Å². The minimum atomic E-state index is 0. The van der Waals surface area contributed by atoms with Gasteiger partial charge in [-0.3, -0.25) is 0 Å². The molecule has 0 saturated heterocycles. The molecule has 0 aliphatic carbocycles. The zero-order valence-corrected chi connectivity index (χ0v) is 6.52. The van der Waals surface area contributed by atoms with Crippen molar-refractivity contribution in [3.05, 3.63) is 6.57 Å². The molecule has 0 aromatic carbocycles. The maximum atomic E-state index is 6.25. The Hall–Kier alpha value is 0.555. The third kappa shape index (κ3) is 657. The zero-order chi connectivity index (χ0) is 4.00. The Morgan fingerprint density at radius 3 is 1.00 bits per heavy atom. The van der Waals surface area contributed by atoms with Gasteiger partial charge in [-0.1, -0.05) is 28.7 Å². The first kappa shape index (κ1) is 74.8. The molecule has 0 rings (SSSR count). The average Bonchev–Trinajstić information content (AvgIpc) is 1.50. The van der Waals surface area contributed by atoms with Crippen LogP contribution in [0.1, 0.15) is 28.7 Å². The molecule has 1 nitrogen and oxygen atoms in total. The molecule has 0 spiro atoms. The van der Waals surface area contributed by atoms with Crippen molar-refractivity contribution in [1.29, 1.82) is 5.26 Å². The number of hydrogen-bond acceptors (Lipinski definition) is 1. The fraction of sp³-hybridized carbons (Fsp3) is 0.800. The summed E-state index contributed by atoms with van der Waals surface area (Å²) in [4.78, 5) is 0. The van der Waals surface area contributed by atoms with Gasteiger partial charge in [0.15, 0.2) is 0 Å². The van der Waals surface area contributed by atoms with Gasteiger partial charge in [0.05, 0.1) is 0 Å². The summed E-state index contributed by atoms with van der Waals surface area (Å²) in [6.45, 7) is 8.75. The van der Waals surface area contributed by atoms with Gasteiger partial charge in [-0.25, -0.2) is 0 Å². The maximum absolute atomic E-state index is 6.25. The Labute approximate surface area is 78.3 Å². The molecule has 0 atom stereocenters. The van der Waals surface area contributed by atoms with Crippen molar-refractivity contribution < 1.29 is 29.6 Å². The zero-order valence-electron chi connectivity index (χ0n) is 4.52. The molecule has 8 heavy (non-hydrogen) atoms. The van der Waals surface area contributed by atoms with Gasteiger partial charge in [-0.05, 0) is 0 Å². The molecular weight excluding hydrogens is 108 g/mol. The third-order valence-corrected chi connectivity index (χ3v) is 0. The van der Waals surface area contributed by atoms with E-state index in [2.05, 4.69) is 0 Å². The van der Waals surface area contributed by atoms with Gasteiger partial charge in [0.2, 0.25) is 0 Å². The van der Waals surface area contributed by atoms with Crippen LogP contribution in [0, 0.1) is 11.8 Å². The first-order chi connectivity index (χ1) is 2.00. The molecule has 0 aromatic heterocycles. The van der Waals surface area contributed by atoms with Crippen LogP contribution < -0.4 is 29.6 Å². The fourth-order valence-corrected chi connectivity index (χ4v) is 0. The second-order valence-corrected chi connectivity index (χ2v) is 0. The number of nitrogens with zero attached hydrogens (tertiary/aromatic N) is 1. The van der Waals surface area contributed by atoms with Crippen LogP contribution in [-0.4, -0.2) is 8.41 Å². The second-order valence-electron chi connectivity index (χ2n) is 0. The van der Waals surface area contributed by atoms with Gasteiger partial charge in [0, 0.05) is 8.41 Å². The van der Waals surface area contributed by atoms with Crippen molar-refractivity contribution >= 4 is 8.41 Å². The Morgan fingerprint density at radius 1 is 1.00 bits per heavy atom. The molecular formula is C5H14BNNa. The molecule has 0 amide bonds. The molecule has 0 N–H and O–H groups in total. The molecule has 0 unspecified atom stereocenters. The summed E-state index contributed by atoms with van der Waals surface area (Å²) in [5, 5.41) is 6.25. The maximum Gasteiger partial charge on any atom is 1.00 e. The van der Waals surface area contributed by atoms with Crippen LogP contribution in [0.15, 0.2) is 0 Å². The van der Waals surface area contributed by atoms with Crippen LogP contribution in [-0.2, 0) is 0 Å². The molecule has 0 fully saturated rings. The molecule has 0 bridgehead atoms. The van der Waals surface area contributed by atoms with Crippen molar-refractivity contribution in [2.75, 3.05) is 0 Å². The van der Waals surface area contributed by atoms with Crippen LogP contribution in [0.3, 0.4) is 0 Å². The Morgan fingerprint density at radius 2 is 1.00 bits per heavy atom. The van der Waals surface area contributed by atoms with E-state index < -0.39 is 0 Å². The molecule has 43 valence electrons. The van der Waals surface area contributed by atoms with E-state index in [4.69, 9.17) is 11.8 Å². The minimum Gasteiger partial charge on any atom is -0.512 e. The van der Waals surface area contributed by atoms with Crippen molar-refractivity contribution in [2.45, 2.75) is 28.7 Å². The smallest absolute Gasteiger partial charge is 0.512 e. The quantitative estimate of drug-likeness (QED) is 0.299. The standard InChI is InChI=1S/C2H6.CN.2CH4.B.Na/c2*1-2;;;;/h1-2H3;;2*1H4;;/q;-1;;;;+1. The van der Waals surface area contributed by atoms with Crippen molar-refractivity contribution in [1.82, 2.24) is 0 Å². The monoisotopic (exact) mass is 122 g/mol. The molecule has 0 aliphatic rings. The third-order valence-electron chi connectivity index (χ3n) is 0.